The highest BCUT2D eigenvalue weighted by Gasteiger charge is 2.01. The van der Waals surface area contributed by atoms with E-state index in [2.05, 4.69) is 49.9 Å². The summed E-state index contributed by atoms with van der Waals surface area (Å²) in [6.45, 7) is 14.0. The molecular formula is C15H27N. The van der Waals surface area contributed by atoms with Gasteiger partial charge in [-0.3, -0.25) is 4.90 Å². The van der Waals surface area contributed by atoms with E-state index in [1.165, 1.54) is 24.1 Å². The molecule has 92 valence electrons. The van der Waals surface area contributed by atoms with Gasteiger partial charge < -0.3 is 0 Å². The second kappa shape index (κ2) is 9.41. The minimum Gasteiger partial charge on any atom is -0.299 e. The SMILES string of the molecule is CC.CCCN(CC)Cc1cccc(C)c1. The largest absolute Gasteiger partial charge is 0.299 e. The molecule has 0 fully saturated rings. The monoisotopic (exact) mass is 221 g/mol. The third-order valence-corrected chi connectivity index (χ3v) is 2.48. The van der Waals surface area contributed by atoms with Crippen LogP contribution in [0, 0.1) is 6.92 Å². The van der Waals surface area contributed by atoms with Crippen molar-refractivity contribution in [3.8, 4) is 0 Å². The summed E-state index contributed by atoms with van der Waals surface area (Å²) in [6.07, 6.45) is 1.24. The van der Waals surface area contributed by atoms with Crippen LogP contribution in [-0.4, -0.2) is 18.0 Å². The molecule has 0 saturated heterocycles. The van der Waals surface area contributed by atoms with Gasteiger partial charge in [0.25, 0.3) is 0 Å². The molecule has 0 aromatic heterocycles. The molecule has 0 bridgehead atoms. The van der Waals surface area contributed by atoms with Crippen LogP contribution in [0.1, 0.15) is 45.2 Å². The minimum absolute atomic E-state index is 1.09. The second-order valence-corrected chi connectivity index (χ2v) is 3.86. The number of hydrogen-bond donors (Lipinski definition) is 0. The number of nitrogens with zero attached hydrogens (tertiary/aromatic N) is 1. The van der Waals surface area contributed by atoms with E-state index in [0.29, 0.717) is 0 Å². The van der Waals surface area contributed by atoms with Gasteiger partial charge in [-0.2, -0.15) is 0 Å². The molecule has 0 N–H and O–H groups in total. The lowest BCUT2D eigenvalue weighted by atomic mass is 10.1. The van der Waals surface area contributed by atoms with Gasteiger partial charge >= 0.3 is 0 Å². The lowest BCUT2D eigenvalue weighted by molar-refractivity contribution is 0.280. The van der Waals surface area contributed by atoms with Crippen molar-refractivity contribution in [3.63, 3.8) is 0 Å². The molecular weight excluding hydrogens is 194 g/mol. The van der Waals surface area contributed by atoms with Crippen molar-refractivity contribution >= 4 is 0 Å². The molecule has 0 atom stereocenters. The van der Waals surface area contributed by atoms with Crippen LogP contribution >= 0.6 is 0 Å². The normalized spacial score (nSPS) is 9.88. The molecule has 0 aliphatic carbocycles. The van der Waals surface area contributed by atoms with Crippen molar-refractivity contribution in [3.05, 3.63) is 35.4 Å². The number of aryl methyl sites for hydroxylation is 1. The van der Waals surface area contributed by atoms with Gasteiger partial charge in [-0.25, -0.2) is 0 Å². The van der Waals surface area contributed by atoms with Gasteiger partial charge in [-0.1, -0.05) is 57.5 Å². The molecule has 0 amide bonds. The van der Waals surface area contributed by atoms with E-state index in [1.54, 1.807) is 0 Å². The number of rotatable bonds is 5. The van der Waals surface area contributed by atoms with E-state index < -0.39 is 0 Å². The van der Waals surface area contributed by atoms with Crippen molar-refractivity contribution in [1.82, 2.24) is 4.90 Å². The summed E-state index contributed by atoms with van der Waals surface area (Å²) in [6, 6.07) is 8.79. The predicted octanol–water partition coefficient (Wildman–Crippen LogP) is 4.25. The number of hydrogen-bond acceptors (Lipinski definition) is 1. The molecule has 0 spiro atoms. The second-order valence-electron chi connectivity index (χ2n) is 3.86. The fourth-order valence-electron chi connectivity index (χ4n) is 1.73. The molecule has 1 aromatic rings. The fraction of sp³-hybridized carbons (Fsp3) is 0.600. The predicted molar refractivity (Wildman–Crippen MR) is 73.8 cm³/mol. The van der Waals surface area contributed by atoms with Crippen molar-refractivity contribution in [2.45, 2.75) is 47.6 Å². The first-order valence-corrected chi connectivity index (χ1v) is 6.54. The highest BCUT2D eigenvalue weighted by molar-refractivity contribution is 5.21. The van der Waals surface area contributed by atoms with Crippen LogP contribution in [0.2, 0.25) is 0 Å². The molecule has 16 heavy (non-hydrogen) atoms. The number of benzene rings is 1. The van der Waals surface area contributed by atoms with Gasteiger partial charge in [0.1, 0.15) is 0 Å². The van der Waals surface area contributed by atoms with Gasteiger partial charge in [0.2, 0.25) is 0 Å². The van der Waals surface area contributed by atoms with Gasteiger partial charge in [0.15, 0.2) is 0 Å². The van der Waals surface area contributed by atoms with Crippen LogP contribution in [0.15, 0.2) is 24.3 Å². The fourth-order valence-corrected chi connectivity index (χ4v) is 1.73. The summed E-state index contributed by atoms with van der Waals surface area (Å²) in [5, 5.41) is 0. The molecule has 1 heteroatoms. The lowest BCUT2D eigenvalue weighted by Gasteiger charge is -2.19. The van der Waals surface area contributed by atoms with E-state index >= 15 is 0 Å². The molecule has 0 aliphatic rings. The van der Waals surface area contributed by atoms with E-state index in [9.17, 15) is 0 Å². The topological polar surface area (TPSA) is 3.24 Å². The van der Waals surface area contributed by atoms with Crippen LogP contribution in [0.25, 0.3) is 0 Å². The summed E-state index contributed by atoms with van der Waals surface area (Å²) in [7, 11) is 0. The van der Waals surface area contributed by atoms with E-state index in [4.69, 9.17) is 0 Å². The maximum Gasteiger partial charge on any atom is 0.0233 e. The van der Waals surface area contributed by atoms with Gasteiger partial charge in [0, 0.05) is 6.54 Å². The highest BCUT2D eigenvalue weighted by atomic mass is 15.1. The van der Waals surface area contributed by atoms with Crippen molar-refractivity contribution < 1.29 is 0 Å². The minimum atomic E-state index is 1.09. The average molecular weight is 221 g/mol. The van der Waals surface area contributed by atoms with E-state index in [1.807, 2.05) is 13.8 Å². The molecule has 0 unspecified atom stereocenters. The molecule has 0 radical (unpaired) electrons. The zero-order chi connectivity index (χ0) is 12.4. The Morgan fingerprint density at radius 2 is 1.81 bits per heavy atom. The zero-order valence-electron chi connectivity index (χ0n) is 11.6. The summed E-state index contributed by atoms with van der Waals surface area (Å²) in [5.41, 5.74) is 2.79. The Labute approximate surface area is 101 Å². The van der Waals surface area contributed by atoms with Gasteiger partial charge in [-0.05, 0) is 32.0 Å². The molecule has 0 saturated carbocycles. The van der Waals surface area contributed by atoms with Gasteiger partial charge in [0.05, 0.1) is 0 Å². The zero-order valence-corrected chi connectivity index (χ0v) is 11.6. The first kappa shape index (κ1) is 15.2. The first-order chi connectivity index (χ1) is 7.76. The van der Waals surface area contributed by atoms with E-state index in [-0.39, 0.29) is 0 Å². The Hall–Kier alpha value is -0.820. The Kier molecular flexibility index (Phi) is 8.93. The summed E-state index contributed by atoms with van der Waals surface area (Å²) >= 11 is 0. The summed E-state index contributed by atoms with van der Waals surface area (Å²) < 4.78 is 0. The highest BCUT2D eigenvalue weighted by Crippen LogP contribution is 2.07. The van der Waals surface area contributed by atoms with Crippen LogP contribution in [0.4, 0.5) is 0 Å². The molecule has 1 rings (SSSR count). The van der Waals surface area contributed by atoms with E-state index in [0.717, 1.165) is 13.1 Å². The van der Waals surface area contributed by atoms with Crippen molar-refractivity contribution in [2.24, 2.45) is 0 Å². The smallest absolute Gasteiger partial charge is 0.0233 e. The summed E-state index contributed by atoms with van der Waals surface area (Å²) in [5.74, 6) is 0. The van der Waals surface area contributed by atoms with Crippen molar-refractivity contribution in [2.75, 3.05) is 13.1 Å². The Balaban J connectivity index is 0.00000106. The summed E-state index contributed by atoms with van der Waals surface area (Å²) in [4.78, 5) is 2.48. The van der Waals surface area contributed by atoms with Crippen molar-refractivity contribution in [1.29, 1.82) is 0 Å². The third kappa shape index (κ3) is 5.92. The lowest BCUT2D eigenvalue weighted by Crippen LogP contribution is -2.23. The quantitative estimate of drug-likeness (QED) is 0.718. The third-order valence-electron chi connectivity index (χ3n) is 2.48. The molecule has 0 aliphatic heterocycles. The standard InChI is InChI=1S/C13H21N.C2H6/c1-4-9-14(5-2)11-13-8-6-7-12(3)10-13;1-2/h6-8,10H,4-5,9,11H2,1-3H3;1-2H3. The molecule has 0 heterocycles. The first-order valence-electron chi connectivity index (χ1n) is 6.54. The Morgan fingerprint density at radius 1 is 1.12 bits per heavy atom. The molecule has 1 aromatic carbocycles. The maximum atomic E-state index is 2.48. The Morgan fingerprint density at radius 3 is 2.31 bits per heavy atom. The van der Waals surface area contributed by atoms with Crippen LogP contribution in [0.3, 0.4) is 0 Å². The maximum absolute atomic E-state index is 2.48. The average Bonchev–Trinajstić information content (AvgIpc) is 2.31. The molecule has 1 nitrogen and oxygen atoms in total. The van der Waals surface area contributed by atoms with Crippen LogP contribution < -0.4 is 0 Å². The Bertz CT molecular complexity index is 268. The van der Waals surface area contributed by atoms with Gasteiger partial charge in [-0.15, -0.1) is 0 Å². The van der Waals surface area contributed by atoms with Crippen LogP contribution in [0.5, 0.6) is 0 Å². The van der Waals surface area contributed by atoms with Crippen LogP contribution in [-0.2, 0) is 6.54 Å².